The van der Waals surface area contributed by atoms with Crippen molar-refractivity contribution in [2.24, 2.45) is 0 Å². The van der Waals surface area contributed by atoms with Gasteiger partial charge in [0.05, 0.1) is 18.0 Å². The van der Waals surface area contributed by atoms with E-state index in [1.54, 1.807) is 23.0 Å². The summed E-state index contributed by atoms with van der Waals surface area (Å²) in [6.07, 6.45) is 3.67. The number of para-hydroxylation sites is 2. The molecule has 0 bridgehead atoms. The SMILES string of the molecule is Nc1ccccc1-n1ccc(C(=O)N2CCCCO2)n1. The fourth-order valence-electron chi connectivity index (χ4n) is 2.15. The molecule has 1 amide bonds. The number of carbonyl (C=O) groups is 1. The van der Waals surface area contributed by atoms with Gasteiger partial charge in [0.1, 0.15) is 0 Å². The van der Waals surface area contributed by atoms with E-state index in [-0.39, 0.29) is 5.91 Å². The Morgan fingerprint density at radius 3 is 2.85 bits per heavy atom. The molecule has 3 rings (SSSR count). The smallest absolute Gasteiger partial charge is 0.297 e. The Morgan fingerprint density at radius 1 is 1.25 bits per heavy atom. The lowest BCUT2D eigenvalue weighted by Gasteiger charge is -2.24. The predicted octanol–water partition coefficient (Wildman–Crippen LogP) is 1.62. The van der Waals surface area contributed by atoms with Crippen LogP contribution >= 0.6 is 0 Å². The second kappa shape index (κ2) is 5.34. The van der Waals surface area contributed by atoms with Crippen LogP contribution in [0.5, 0.6) is 0 Å². The number of hydrogen-bond donors (Lipinski definition) is 1. The maximum Gasteiger partial charge on any atom is 0.297 e. The molecule has 2 aromatic rings. The van der Waals surface area contributed by atoms with Gasteiger partial charge in [-0.25, -0.2) is 9.75 Å². The number of carbonyl (C=O) groups excluding carboxylic acids is 1. The van der Waals surface area contributed by atoms with Gasteiger partial charge < -0.3 is 5.73 Å². The molecule has 1 fully saturated rings. The summed E-state index contributed by atoms with van der Waals surface area (Å²) in [7, 11) is 0. The number of rotatable bonds is 2. The number of nitrogens with zero attached hydrogens (tertiary/aromatic N) is 3. The maximum atomic E-state index is 12.2. The van der Waals surface area contributed by atoms with Crippen molar-refractivity contribution in [2.75, 3.05) is 18.9 Å². The molecule has 2 N–H and O–H groups in total. The van der Waals surface area contributed by atoms with E-state index >= 15 is 0 Å². The van der Waals surface area contributed by atoms with Crippen molar-refractivity contribution in [1.29, 1.82) is 0 Å². The van der Waals surface area contributed by atoms with E-state index in [1.807, 2.05) is 18.2 Å². The van der Waals surface area contributed by atoms with E-state index < -0.39 is 0 Å². The normalized spacial score (nSPS) is 15.3. The summed E-state index contributed by atoms with van der Waals surface area (Å²) in [5, 5.41) is 5.66. The van der Waals surface area contributed by atoms with Crippen LogP contribution in [0.1, 0.15) is 23.3 Å². The number of anilines is 1. The first-order valence-corrected chi connectivity index (χ1v) is 6.61. The summed E-state index contributed by atoms with van der Waals surface area (Å²) in [6.45, 7) is 1.19. The van der Waals surface area contributed by atoms with Crippen molar-refractivity contribution in [3.63, 3.8) is 0 Å². The first kappa shape index (κ1) is 12.7. The zero-order valence-corrected chi connectivity index (χ0v) is 11.0. The Hall–Kier alpha value is -2.34. The van der Waals surface area contributed by atoms with Gasteiger partial charge in [-0.1, -0.05) is 12.1 Å². The highest BCUT2D eigenvalue weighted by molar-refractivity contribution is 5.91. The summed E-state index contributed by atoms with van der Waals surface area (Å²) >= 11 is 0. The molecule has 0 saturated carbocycles. The molecule has 0 atom stereocenters. The van der Waals surface area contributed by atoms with Crippen LogP contribution in [0, 0.1) is 0 Å². The molecular weight excluding hydrogens is 256 g/mol. The molecule has 1 aromatic carbocycles. The average Bonchev–Trinajstić information content (AvgIpc) is 2.97. The van der Waals surface area contributed by atoms with Crippen LogP contribution in [0.2, 0.25) is 0 Å². The molecule has 6 heteroatoms. The Morgan fingerprint density at radius 2 is 2.10 bits per heavy atom. The Bertz CT molecular complexity index is 617. The molecule has 1 aliphatic rings. The summed E-state index contributed by atoms with van der Waals surface area (Å²) in [6, 6.07) is 9.06. The first-order valence-electron chi connectivity index (χ1n) is 6.61. The van der Waals surface area contributed by atoms with Crippen molar-refractivity contribution in [1.82, 2.24) is 14.8 Å². The molecular formula is C14H16N4O2. The molecule has 0 aliphatic carbocycles. The van der Waals surface area contributed by atoms with E-state index in [0.717, 1.165) is 18.5 Å². The zero-order valence-electron chi connectivity index (χ0n) is 11.0. The van der Waals surface area contributed by atoms with Crippen LogP contribution in [-0.4, -0.2) is 33.9 Å². The van der Waals surface area contributed by atoms with Gasteiger partial charge in [0.2, 0.25) is 0 Å². The molecule has 20 heavy (non-hydrogen) atoms. The fourth-order valence-corrected chi connectivity index (χ4v) is 2.15. The Kier molecular flexibility index (Phi) is 3.39. The van der Waals surface area contributed by atoms with Gasteiger partial charge in [-0.3, -0.25) is 9.63 Å². The van der Waals surface area contributed by atoms with Crippen molar-refractivity contribution in [3.8, 4) is 5.69 Å². The molecule has 104 valence electrons. The molecule has 0 unspecified atom stereocenters. The van der Waals surface area contributed by atoms with Crippen molar-refractivity contribution >= 4 is 11.6 Å². The highest BCUT2D eigenvalue weighted by Crippen LogP contribution is 2.17. The summed E-state index contributed by atoms with van der Waals surface area (Å²) in [4.78, 5) is 17.6. The van der Waals surface area contributed by atoms with E-state index in [1.165, 1.54) is 5.06 Å². The van der Waals surface area contributed by atoms with Gasteiger partial charge in [0.25, 0.3) is 5.91 Å². The largest absolute Gasteiger partial charge is 0.397 e. The number of nitrogen functional groups attached to an aromatic ring is 1. The number of nitrogens with two attached hydrogens (primary N) is 1. The van der Waals surface area contributed by atoms with E-state index in [0.29, 0.717) is 24.5 Å². The van der Waals surface area contributed by atoms with Crippen molar-refractivity contribution < 1.29 is 9.63 Å². The van der Waals surface area contributed by atoms with Crippen molar-refractivity contribution in [3.05, 3.63) is 42.2 Å². The molecule has 1 aliphatic heterocycles. The average molecular weight is 272 g/mol. The van der Waals surface area contributed by atoms with Crippen LogP contribution in [-0.2, 0) is 4.84 Å². The lowest BCUT2D eigenvalue weighted by Crippen LogP contribution is -2.36. The van der Waals surface area contributed by atoms with Gasteiger partial charge in [-0.2, -0.15) is 5.10 Å². The Labute approximate surface area is 116 Å². The van der Waals surface area contributed by atoms with E-state index in [4.69, 9.17) is 10.6 Å². The third-order valence-electron chi connectivity index (χ3n) is 3.22. The van der Waals surface area contributed by atoms with Crippen LogP contribution in [0.15, 0.2) is 36.5 Å². The number of aromatic nitrogens is 2. The minimum absolute atomic E-state index is 0.210. The standard InChI is InChI=1S/C14H16N4O2/c15-11-5-1-2-6-13(11)17-9-7-12(16-17)14(19)18-8-3-4-10-20-18/h1-2,5-7,9H,3-4,8,10,15H2. The maximum absolute atomic E-state index is 12.2. The molecule has 6 nitrogen and oxygen atoms in total. The third kappa shape index (κ3) is 2.37. The highest BCUT2D eigenvalue weighted by atomic mass is 16.7. The van der Waals surface area contributed by atoms with Gasteiger partial charge in [-0.05, 0) is 31.0 Å². The van der Waals surface area contributed by atoms with Crippen LogP contribution in [0.4, 0.5) is 5.69 Å². The van der Waals surface area contributed by atoms with E-state index in [2.05, 4.69) is 5.10 Å². The fraction of sp³-hybridized carbons (Fsp3) is 0.286. The van der Waals surface area contributed by atoms with Crippen LogP contribution in [0.25, 0.3) is 5.69 Å². The lowest BCUT2D eigenvalue weighted by atomic mass is 10.3. The predicted molar refractivity (Wildman–Crippen MR) is 74.2 cm³/mol. The van der Waals surface area contributed by atoms with E-state index in [9.17, 15) is 4.79 Å². The van der Waals surface area contributed by atoms with Crippen molar-refractivity contribution in [2.45, 2.75) is 12.8 Å². The van der Waals surface area contributed by atoms with Gasteiger partial charge in [0.15, 0.2) is 5.69 Å². The molecule has 2 heterocycles. The quantitative estimate of drug-likeness (QED) is 0.843. The second-order valence-electron chi connectivity index (χ2n) is 4.65. The first-order chi connectivity index (χ1) is 9.75. The summed E-state index contributed by atoms with van der Waals surface area (Å²) < 4.78 is 1.60. The number of benzene rings is 1. The third-order valence-corrected chi connectivity index (χ3v) is 3.22. The lowest BCUT2D eigenvalue weighted by molar-refractivity contribution is -0.144. The number of hydrogen-bond acceptors (Lipinski definition) is 4. The second-order valence-corrected chi connectivity index (χ2v) is 4.65. The summed E-state index contributed by atoms with van der Waals surface area (Å²) in [5.74, 6) is -0.210. The molecule has 0 radical (unpaired) electrons. The van der Waals surface area contributed by atoms with Gasteiger partial charge >= 0.3 is 0 Å². The number of amides is 1. The zero-order chi connectivity index (χ0) is 13.9. The Balaban J connectivity index is 1.83. The molecule has 1 aromatic heterocycles. The number of hydroxylamine groups is 2. The van der Waals surface area contributed by atoms with Gasteiger partial charge in [-0.15, -0.1) is 0 Å². The minimum Gasteiger partial charge on any atom is -0.397 e. The molecule has 0 spiro atoms. The minimum atomic E-state index is -0.210. The topological polar surface area (TPSA) is 73.4 Å². The molecule has 1 saturated heterocycles. The summed E-state index contributed by atoms with van der Waals surface area (Å²) in [5.41, 5.74) is 7.63. The monoisotopic (exact) mass is 272 g/mol. The highest BCUT2D eigenvalue weighted by Gasteiger charge is 2.21. The van der Waals surface area contributed by atoms with Gasteiger partial charge in [0, 0.05) is 12.7 Å². The van der Waals surface area contributed by atoms with Crippen LogP contribution < -0.4 is 5.73 Å². The van der Waals surface area contributed by atoms with Crippen LogP contribution in [0.3, 0.4) is 0 Å².